The molecule has 2 atom stereocenters. The molecule has 30 heavy (non-hydrogen) atoms. The van der Waals surface area contributed by atoms with Gasteiger partial charge in [0.15, 0.2) is 0 Å². The van der Waals surface area contributed by atoms with Gasteiger partial charge in [-0.25, -0.2) is 4.39 Å². The lowest BCUT2D eigenvalue weighted by Crippen LogP contribution is -2.44. The number of para-hydroxylation sites is 1. The molecule has 152 valence electrons. The number of hydrogen-bond donors (Lipinski definition) is 1. The van der Waals surface area contributed by atoms with E-state index in [1.807, 2.05) is 12.1 Å². The van der Waals surface area contributed by atoms with Gasteiger partial charge in [-0.3, -0.25) is 9.59 Å². The van der Waals surface area contributed by atoms with E-state index in [0.29, 0.717) is 16.9 Å². The second-order valence-corrected chi connectivity index (χ2v) is 7.17. The Balaban J connectivity index is 1.80. The quantitative estimate of drug-likeness (QED) is 0.702. The monoisotopic (exact) mass is 404 g/mol. The minimum absolute atomic E-state index is 0.105. The van der Waals surface area contributed by atoms with Crippen molar-refractivity contribution < 1.29 is 18.7 Å². The SMILES string of the molecule is COc1ccc([C@H]2[C@H](C(=O)Nc3ccccc3F)c3ccccc3C(=O)N2C)cc1. The van der Waals surface area contributed by atoms with Crippen LogP contribution in [0.4, 0.5) is 10.1 Å². The third-order valence-electron chi connectivity index (χ3n) is 5.45. The van der Waals surface area contributed by atoms with Crippen molar-refractivity contribution in [1.82, 2.24) is 4.90 Å². The molecule has 0 spiro atoms. The van der Waals surface area contributed by atoms with Crippen LogP contribution in [0.2, 0.25) is 0 Å². The van der Waals surface area contributed by atoms with E-state index in [1.54, 1.807) is 67.6 Å². The molecule has 3 aromatic carbocycles. The summed E-state index contributed by atoms with van der Waals surface area (Å²) in [6.45, 7) is 0. The summed E-state index contributed by atoms with van der Waals surface area (Å²) in [5, 5.41) is 2.70. The van der Waals surface area contributed by atoms with Gasteiger partial charge in [-0.15, -0.1) is 0 Å². The zero-order chi connectivity index (χ0) is 21.3. The van der Waals surface area contributed by atoms with Gasteiger partial charge in [0.05, 0.1) is 24.8 Å². The lowest BCUT2D eigenvalue weighted by molar-refractivity contribution is -0.119. The van der Waals surface area contributed by atoms with Gasteiger partial charge in [-0.05, 0) is 41.5 Å². The van der Waals surface area contributed by atoms with Crippen LogP contribution in [0.25, 0.3) is 0 Å². The highest BCUT2D eigenvalue weighted by Crippen LogP contribution is 2.42. The highest BCUT2D eigenvalue weighted by molar-refractivity contribution is 6.04. The summed E-state index contributed by atoms with van der Waals surface area (Å²) in [7, 11) is 3.25. The van der Waals surface area contributed by atoms with Crippen molar-refractivity contribution in [3.05, 3.63) is 95.3 Å². The molecule has 0 aliphatic carbocycles. The molecular formula is C24H21FN2O3. The van der Waals surface area contributed by atoms with Crippen molar-refractivity contribution in [3.8, 4) is 5.75 Å². The maximum atomic E-state index is 14.2. The molecular weight excluding hydrogens is 383 g/mol. The van der Waals surface area contributed by atoms with Crippen LogP contribution in [0.1, 0.15) is 33.4 Å². The van der Waals surface area contributed by atoms with Crippen molar-refractivity contribution in [2.24, 2.45) is 0 Å². The Morgan fingerprint density at radius 2 is 1.67 bits per heavy atom. The fourth-order valence-electron chi connectivity index (χ4n) is 3.95. The van der Waals surface area contributed by atoms with Crippen molar-refractivity contribution >= 4 is 17.5 Å². The van der Waals surface area contributed by atoms with E-state index in [9.17, 15) is 14.0 Å². The van der Waals surface area contributed by atoms with Crippen LogP contribution in [0, 0.1) is 5.82 Å². The van der Waals surface area contributed by atoms with Gasteiger partial charge < -0.3 is 15.0 Å². The summed E-state index contributed by atoms with van der Waals surface area (Å²) < 4.78 is 19.4. The molecule has 5 nitrogen and oxygen atoms in total. The standard InChI is InChI=1S/C24H21FN2O3/c1-27-22(15-11-13-16(30-2)14-12-15)21(17-7-3-4-8-18(17)24(27)29)23(28)26-20-10-6-5-9-19(20)25/h3-14,21-22H,1-2H3,(H,26,28)/t21-,22+/m1/s1. The Morgan fingerprint density at radius 3 is 2.37 bits per heavy atom. The average molecular weight is 404 g/mol. The molecule has 3 aromatic rings. The molecule has 0 saturated heterocycles. The number of methoxy groups -OCH3 is 1. The van der Waals surface area contributed by atoms with E-state index in [-0.39, 0.29) is 17.5 Å². The number of amides is 2. The van der Waals surface area contributed by atoms with Crippen LogP contribution >= 0.6 is 0 Å². The van der Waals surface area contributed by atoms with Crippen molar-refractivity contribution in [2.75, 3.05) is 19.5 Å². The van der Waals surface area contributed by atoms with Crippen molar-refractivity contribution in [1.29, 1.82) is 0 Å². The molecule has 1 heterocycles. The second kappa shape index (κ2) is 7.99. The molecule has 0 unspecified atom stereocenters. The Labute approximate surface area is 174 Å². The predicted octanol–water partition coefficient (Wildman–Crippen LogP) is 4.38. The fourth-order valence-corrected chi connectivity index (χ4v) is 3.95. The molecule has 0 fully saturated rings. The van der Waals surface area contributed by atoms with Gasteiger partial charge >= 0.3 is 0 Å². The smallest absolute Gasteiger partial charge is 0.254 e. The van der Waals surface area contributed by atoms with E-state index in [2.05, 4.69) is 5.32 Å². The van der Waals surface area contributed by atoms with E-state index in [1.165, 1.54) is 12.1 Å². The maximum Gasteiger partial charge on any atom is 0.254 e. The third kappa shape index (κ3) is 3.41. The zero-order valence-corrected chi connectivity index (χ0v) is 16.6. The highest BCUT2D eigenvalue weighted by atomic mass is 19.1. The number of carbonyl (C=O) groups is 2. The van der Waals surface area contributed by atoms with Crippen LogP contribution in [-0.2, 0) is 4.79 Å². The van der Waals surface area contributed by atoms with Gasteiger partial charge in [0.1, 0.15) is 11.6 Å². The van der Waals surface area contributed by atoms with Gasteiger partial charge in [0.25, 0.3) is 5.91 Å². The minimum Gasteiger partial charge on any atom is -0.497 e. The maximum absolute atomic E-state index is 14.2. The summed E-state index contributed by atoms with van der Waals surface area (Å²) in [5.74, 6) is -1.09. The number of halogens is 1. The highest BCUT2D eigenvalue weighted by Gasteiger charge is 2.42. The summed E-state index contributed by atoms with van der Waals surface area (Å²) in [6.07, 6.45) is 0. The van der Waals surface area contributed by atoms with E-state index < -0.39 is 17.8 Å². The number of anilines is 1. The number of benzene rings is 3. The first kappa shape index (κ1) is 19.6. The number of carbonyl (C=O) groups excluding carboxylic acids is 2. The lowest BCUT2D eigenvalue weighted by Gasteiger charge is -2.39. The lowest BCUT2D eigenvalue weighted by atomic mass is 9.79. The van der Waals surface area contributed by atoms with Crippen LogP contribution in [0.5, 0.6) is 5.75 Å². The van der Waals surface area contributed by atoms with Gasteiger partial charge in [-0.2, -0.15) is 0 Å². The number of rotatable bonds is 4. The Bertz CT molecular complexity index is 1100. The number of fused-ring (bicyclic) bond motifs is 1. The topological polar surface area (TPSA) is 58.6 Å². The summed E-state index contributed by atoms with van der Waals surface area (Å²) >= 11 is 0. The number of likely N-dealkylation sites (N-methyl/N-ethyl adjacent to an activating group) is 1. The Morgan fingerprint density at radius 1 is 1.00 bits per heavy atom. The molecule has 4 rings (SSSR count). The van der Waals surface area contributed by atoms with E-state index >= 15 is 0 Å². The molecule has 2 amide bonds. The normalized spacial score (nSPS) is 18.0. The Kier molecular flexibility index (Phi) is 5.23. The van der Waals surface area contributed by atoms with E-state index in [0.717, 1.165) is 5.56 Å². The van der Waals surface area contributed by atoms with Crippen LogP contribution in [0.3, 0.4) is 0 Å². The summed E-state index contributed by atoms with van der Waals surface area (Å²) in [5.41, 5.74) is 1.98. The molecule has 0 saturated carbocycles. The largest absolute Gasteiger partial charge is 0.497 e. The number of hydrogen-bond acceptors (Lipinski definition) is 3. The van der Waals surface area contributed by atoms with Crippen LogP contribution in [0.15, 0.2) is 72.8 Å². The first-order valence-corrected chi connectivity index (χ1v) is 9.56. The molecule has 0 radical (unpaired) electrons. The Hall–Kier alpha value is -3.67. The van der Waals surface area contributed by atoms with Crippen molar-refractivity contribution in [2.45, 2.75) is 12.0 Å². The molecule has 1 aliphatic heterocycles. The van der Waals surface area contributed by atoms with Crippen LogP contribution in [-0.4, -0.2) is 30.9 Å². The van der Waals surface area contributed by atoms with Gasteiger partial charge in [-0.1, -0.05) is 42.5 Å². The predicted molar refractivity (Wildman–Crippen MR) is 112 cm³/mol. The first-order chi connectivity index (χ1) is 14.5. The molecule has 0 bridgehead atoms. The number of ether oxygens (including phenoxy) is 1. The summed E-state index contributed by atoms with van der Waals surface area (Å²) in [6, 6.07) is 19.8. The average Bonchev–Trinajstić information content (AvgIpc) is 2.77. The number of nitrogens with one attached hydrogen (secondary N) is 1. The first-order valence-electron chi connectivity index (χ1n) is 9.56. The van der Waals surface area contributed by atoms with Gasteiger partial charge in [0, 0.05) is 12.6 Å². The fraction of sp³-hybridized carbons (Fsp3) is 0.167. The zero-order valence-electron chi connectivity index (χ0n) is 16.6. The third-order valence-corrected chi connectivity index (χ3v) is 5.45. The molecule has 1 N–H and O–H groups in total. The minimum atomic E-state index is -0.711. The molecule has 6 heteroatoms. The number of nitrogens with zero attached hydrogens (tertiary/aromatic N) is 1. The van der Waals surface area contributed by atoms with Crippen molar-refractivity contribution in [3.63, 3.8) is 0 Å². The van der Waals surface area contributed by atoms with Gasteiger partial charge in [0.2, 0.25) is 5.91 Å². The second-order valence-electron chi connectivity index (χ2n) is 7.17. The van der Waals surface area contributed by atoms with E-state index in [4.69, 9.17) is 4.74 Å². The van der Waals surface area contributed by atoms with Crippen LogP contribution < -0.4 is 10.1 Å². The molecule has 1 aliphatic rings. The molecule has 0 aromatic heterocycles. The summed E-state index contributed by atoms with van der Waals surface area (Å²) in [4.78, 5) is 28.0.